The molecular formula is C11H17N3O. The molecule has 2 heterocycles. The number of methoxy groups -OCH3 is 1. The second-order valence-corrected chi connectivity index (χ2v) is 3.90. The molecule has 0 atom stereocenters. The topological polar surface area (TPSA) is 47.0 Å². The number of aromatic nitrogens is 2. The van der Waals surface area contributed by atoms with Crippen LogP contribution in [0.4, 0.5) is 0 Å². The van der Waals surface area contributed by atoms with Crippen molar-refractivity contribution in [2.24, 2.45) is 0 Å². The summed E-state index contributed by atoms with van der Waals surface area (Å²) in [5, 5.41) is 3.35. The standard InChI is InChI=1S/C11H17N3O/c1-8-13-7-10(15-2)11(14-8)9-3-5-12-6-4-9/h7,9,12H,3-6H2,1-2H3. The molecule has 0 unspecified atom stereocenters. The molecule has 15 heavy (non-hydrogen) atoms. The molecule has 0 amide bonds. The first-order chi connectivity index (χ1) is 7.31. The summed E-state index contributed by atoms with van der Waals surface area (Å²) in [6.45, 7) is 4.05. The van der Waals surface area contributed by atoms with E-state index >= 15 is 0 Å². The highest BCUT2D eigenvalue weighted by Crippen LogP contribution is 2.30. The molecule has 2 rings (SSSR count). The third-order valence-electron chi connectivity index (χ3n) is 2.85. The SMILES string of the molecule is COc1cnc(C)nc1C1CCNCC1. The van der Waals surface area contributed by atoms with Crippen LogP contribution in [0.2, 0.25) is 0 Å². The van der Waals surface area contributed by atoms with E-state index in [9.17, 15) is 0 Å². The summed E-state index contributed by atoms with van der Waals surface area (Å²) < 4.78 is 5.31. The zero-order valence-electron chi connectivity index (χ0n) is 9.29. The average molecular weight is 207 g/mol. The Labute approximate surface area is 90.1 Å². The van der Waals surface area contributed by atoms with E-state index in [1.54, 1.807) is 13.3 Å². The highest BCUT2D eigenvalue weighted by Gasteiger charge is 2.20. The normalized spacial score (nSPS) is 17.7. The monoisotopic (exact) mass is 207 g/mol. The first-order valence-electron chi connectivity index (χ1n) is 5.39. The molecular weight excluding hydrogens is 190 g/mol. The molecule has 1 aromatic heterocycles. The Balaban J connectivity index is 2.27. The fourth-order valence-corrected chi connectivity index (χ4v) is 2.02. The van der Waals surface area contributed by atoms with E-state index in [0.29, 0.717) is 5.92 Å². The Kier molecular flexibility index (Phi) is 3.16. The van der Waals surface area contributed by atoms with Gasteiger partial charge in [-0.15, -0.1) is 0 Å². The molecule has 1 aliphatic heterocycles. The summed E-state index contributed by atoms with van der Waals surface area (Å²) in [5.74, 6) is 2.17. The number of nitrogens with one attached hydrogen (secondary N) is 1. The summed E-state index contributed by atoms with van der Waals surface area (Å²) in [7, 11) is 1.68. The van der Waals surface area contributed by atoms with Gasteiger partial charge in [0.15, 0.2) is 5.75 Å². The van der Waals surface area contributed by atoms with Crippen LogP contribution >= 0.6 is 0 Å². The summed E-state index contributed by atoms with van der Waals surface area (Å²) in [5.41, 5.74) is 1.08. The highest BCUT2D eigenvalue weighted by molar-refractivity contribution is 5.28. The van der Waals surface area contributed by atoms with Crippen LogP contribution in [0.15, 0.2) is 6.20 Å². The van der Waals surface area contributed by atoms with E-state index in [4.69, 9.17) is 4.74 Å². The van der Waals surface area contributed by atoms with Gasteiger partial charge in [-0.25, -0.2) is 9.97 Å². The molecule has 1 aromatic rings. The molecule has 0 saturated carbocycles. The van der Waals surface area contributed by atoms with Gasteiger partial charge in [-0.3, -0.25) is 0 Å². The van der Waals surface area contributed by atoms with Crippen molar-refractivity contribution in [1.29, 1.82) is 0 Å². The molecule has 0 bridgehead atoms. The lowest BCUT2D eigenvalue weighted by molar-refractivity contribution is 0.382. The van der Waals surface area contributed by atoms with Gasteiger partial charge < -0.3 is 10.1 Å². The number of piperidine rings is 1. The van der Waals surface area contributed by atoms with E-state index in [2.05, 4.69) is 15.3 Å². The quantitative estimate of drug-likeness (QED) is 0.793. The maximum absolute atomic E-state index is 5.31. The Morgan fingerprint density at radius 2 is 2.13 bits per heavy atom. The van der Waals surface area contributed by atoms with Crippen LogP contribution in [-0.2, 0) is 0 Å². The minimum Gasteiger partial charge on any atom is -0.493 e. The summed E-state index contributed by atoms with van der Waals surface area (Å²) >= 11 is 0. The second-order valence-electron chi connectivity index (χ2n) is 3.90. The summed E-state index contributed by atoms with van der Waals surface area (Å²) in [6, 6.07) is 0. The van der Waals surface area contributed by atoms with E-state index < -0.39 is 0 Å². The molecule has 0 spiro atoms. The van der Waals surface area contributed by atoms with Crippen LogP contribution in [0.1, 0.15) is 30.3 Å². The van der Waals surface area contributed by atoms with Crippen LogP contribution in [0.5, 0.6) is 5.75 Å². The van der Waals surface area contributed by atoms with Crippen molar-refractivity contribution in [3.63, 3.8) is 0 Å². The van der Waals surface area contributed by atoms with Crippen LogP contribution in [0, 0.1) is 6.92 Å². The Bertz CT molecular complexity index is 335. The van der Waals surface area contributed by atoms with Crippen LogP contribution in [0.25, 0.3) is 0 Å². The predicted molar refractivity (Wildman–Crippen MR) is 58.2 cm³/mol. The van der Waals surface area contributed by atoms with Crippen LogP contribution < -0.4 is 10.1 Å². The fraction of sp³-hybridized carbons (Fsp3) is 0.636. The second kappa shape index (κ2) is 4.57. The number of hydrogen-bond acceptors (Lipinski definition) is 4. The zero-order valence-corrected chi connectivity index (χ0v) is 9.29. The smallest absolute Gasteiger partial charge is 0.158 e. The van der Waals surface area contributed by atoms with Crippen molar-refractivity contribution in [1.82, 2.24) is 15.3 Å². The molecule has 1 N–H and O–H groups in total. The lowest BCUT2D eigenvalue weighted by Crippen LogP contribution is -2.27. The van der Waals surface area contributed by atoms with E-state index in [1.807, 2.05) is 6.92 Å². The first-order valence-corrected chi connectivity index (χ1v) is 5.39. The van der Waals surface area contributed by atoms with Crippen molar-refractivity contribution in [2.75, 3.05) is 20.2 Å². The summed E-state index contributed by atoms with van der Waals surface area (Å²) in [4.78, 5) is 8.66. The van der Waals surface area contributed by atoms with E-state index in [-0.39, 0.29) is 0 Å². The minimum atomic E-state index is 0.517. The van der Waals surface area contributed by atoms with Crippen molar-refractivity contribution in [3.8, 4) is 5.75 Å². The van der Waals surface area contributed by atoms with Gasteiger partial charge in [-0.05, 0) is 32.9 Å². The molecule has 0 aromatic carbocycles. The van der Waals surface area contributed by atoms with Crippen molar-refractivity contribution in [3.05, 3.63) is 17.7 Å². The minimum absolute atomic E-state index is 0.517. The maximum atomic E-state index is 5.31. The maximum Gasteiger partial charge on any atom is 0.158 e. The number of hydrogen-bond donors (Lipinski definition) is 1. The Morgan fingerprint density at radius 1 is 1.40 bits per heavy atom. The molecule has 1 saturated heterocycles. The molecule has 82 valence electrons. The number of rotatable bonds is 2. The molecule has 0 aliphatic carbocycles. The van der Waals surface area contributed by atoms with Crippen molar-refractivity contribution in [2.45, 2.75) is 25.7 Å². The van der Waals surface area contributed by atoms with Crippen molar-refractivity contribution >= 4 is 0 Å². The van der Waals surface area contributed by atoms with Gasteiger partial charge in [0.05, 0.1) is 19.0 Å². The van der Waals surface area contributed by atoms with Gasteiger partial charge in [0.25, 0.3) is 0 Å². The number of aryl methyl sites for hydroxylation is 1. The van der Waals surface area contributed by atoms with Gasteiger partial charge in [0.1, 0.15) is 5.82 Å². The van der Waals surface area contributed by atoms with E-state index in [0.717, 1.165) is 43.2 Å². The lowest BCUT2D eigenvalue weighted by Gasteiger charge is -2.23. The highest BCUT2D eigenvalue weighted by atomic mass is 16.5. The van der Waals surface area contributed by atoms with Crippen LogP contribution in [-0.4, -0.2) is 30.2 Å². The lowest BCUT2D eigenvalue weighted by atomic mass is 9.94. The van der Waals surface area contributed by atoms with Gasteiger partial charge in [-0.1, -0.05) is 0 Å². The zero-order chi connectivity index (χ0) is 10.7. The van der Waals surface area contributed by atoms with Crippen LogP contribution in [0.3, 0.4) is 0 Å². The third-order valence-corrected chi connectivity index (χ3v) is 2.85. The number of nitrogens with zero attached hydrogens (tertiary/aromatic N) is 2. The average Bonchev–Trinajstić information content (AvgIpc) is 2.30. The molecule has 4 heteroatoms. The Morgan fingerprint density at radius 3 is 2.80 bits per heavy atom. The van der Waals surface area contributed by atoms with E-state index in [1.165, 1.54) is 0 Å². The number of ether oxygens (including phenoxy) is 1. The van der Waals surface area contributed by atoms with Gasteiger partial charge >= 0.3 is 0 Å². The molecule has 4 nitrogen and oxygen atoms in total. The molecule has 1 aliphatic rings. The van der Waals surface area contributed by atoms with Crippen molar-refractivity contribution < 1.29 is 4.74 Å². The van der Waals surface area contributed by atoms with Gasteiger partial charge in [0, 0.05) is 5.92 Å². The third kappa shape index (κ3) is 2.26. The molecule has 0 radical (unpaired) electrons. The summed E-state index contributed by atoms with van der Waals surface area (Å²) in [6.07, 6.45) is 4.04. The fourth-order valence-electron chi connectivity index (χ4n) is 2.02. The first kappa shape index (κ1) is 10.4. The predicted octanol–water partition coefficient (Wildman–Crippen LogP) is 1.26. The van der Waals surface area contributed by atoms with Gasteiger partial charge in [0.2, 0.25) is 0 Å². The Hall–Kier alpha value is -1.16. The molecule has 1 fully saturated rings. The largest absolute Gasteiger partial charge is 0.493 e. The van der Waals surface area contributed by atoms with Gasteiger partial charge in [-0.2, -0.15) is 0 Å².